The summed E-state index contributed by atoms with van der Waals surface area (Å²) < 4.78 is 0. The first-order valence-corrected chi connectivity index (χ1v) is 12.2. The lowest BCUT2D eigenvalue weighted by Gasteiger charge is -2.33. The Morgan fingerprint density at radius 2 is 1.70 bits per heavy atom. The third kappa shape index (κ3) is 5.37. The lowest BCUT2D eigenvalue weighted by Crippen LogP contribution is -2.28. The molecule has 1 N–H and O–H groups in total. The highest BCUT2D eigenvalue weighted by molar-refractivity contribution is 5.54. The van der Waals surface area contributed by atoms with Crippen molar-refractivity contribution in [3.05, 3.63) is 143 Å². The maximum Gasteiger partial charge on any atom is 0.0415 e. The third-order valence-electron chi connectivity index (χ3n) is 6.81. The molecule has 0 saturated carbocycles. The van der Waals surface area contributed by atoms with Gasteiger partial charge in [0.25, 0.3) is 0 Å². The Labute approximate surface area is 199 Å². The highest BCUT2D eigenvalue weighted by Gasteiger charge is 2.31. The minimum Gasteiger partial charge on any atom is -0.362 e. The minimum absolute atomic E-state index is 0.176. The van der Waals surface area contributed by atoms with E-state index >= 15 is 0 Å². The van der Waals surface area contributed by atoms with Crippen molar-refractivity contribution in [2.24, 2.45) is 5.92 Å². The molecule has 2 aliphatic carbocycles. The molecule has 2 atom stereocenters. The molecule has 0 spiro atoms. The molecule has 0 radical (unpaired) electrons. The van der Waals surface area contributed by atoms with E-state index < -0.39 is 0 Å². The van der Waals surface area contributed by atoms with Crippen LogP contribution in [-0.4, -0.2) is 0 Å². The molecule has 0 amide bonds. The highest BCUT2D eigenvalue weighted by Crippen LogP contribution is 2.39. The zero-order chi connectivity index (χ0) is 22.9. The average molecular weight is 434 g/mol. The zero-order valence-corrected chi connectivity index (χ0v) is 19.9. The van der Waals surface area contributed by atoms with Gasteiger partial charge in [0.1, 0.15) is 0 Å². The summed E-state index contributed by atoms with van der Waals surface area (Å²) in [6, 6.07) is 10.9. The van der Waals surface area contributed by atoms with E-state index in [2.05, 4.69) is 122 Å². The second-order valence-corrected chi connectivity index (χ2v) is 9.02. The van der Waals surface area contributed by atoms with Gasteiger partial charge in [0.05, 0.1) is 0 Å². The van der Waals surface area contributed by atoms with Gasteiger partial charge in [0.15, 0.2) is 0 Å². The molecule has 0 bridgehead atoms. The van der Waals surface area contributed by atoms with Crippen LogP contribution in [0.5, 0.6) is 0 Å². The van der Waals surface area contributed by atoms with Crippen molar-refractivity contribution in [1.29, 1.82) is 0 Å². The first-order valence-electron chi connectivity index (χ1n) is 12.2. The van der Waals surface area contributed by atoms with Crippen molar-refractivity contribution >= 4 is 0 Å². The van der Waals surface area contributed by atoms with Gasteiger partial charge in [-0.2, -0.15) is 0 Å². The smallest absolute Gasteiger partial charge is 0.0415 e. The number of allylic oxidation sites excluding steroid dienone is 16. The van der Waals surface area contributed by atoms with Crippen LogP contribution in [0.1, 0.15) is 45.1 Å². The molecule has 3 aliphatic rings. The van der Waals surface area contributed by atoms with Crippen LogP contribution in [-0.2, 0) is 5.41 Å². The summed E-state index contributed by atoms with van der Waals surface area (Å²) in [5.41, 5.74) is 6.65. The molecule has 2 unspecified atom stereocenters. The Morgan fingerprint density at radius 1 is 0.909 bits per heavy atom. The van der Waals surface area contributed by atoms with Crippen molar-refractivity contribution in [3.63, 3.8) is 0 Å². The van der Waals surface area contributed by atoms with Crippen molar-refractivity contribution in [2.45, 2.75) is 44.9 Å². The van der Waals surface area contributed by atoms with Crippen LogP contribution < -0.4 is 5.32 Å². The van der Waals surface area contributed by atoms with Crippen LogP contribution in [0.25, 0.3) is 0 Å². The summed E-state index contributed by atoms with van der Waals surface area (Å²) in [7, 11) is 0. The van der Waals surface area contributed by atoms with Crippen LogP contribution in [0.2, 0.25) is 0 Å². The molecule has 1 heteroatoms. The number of nitrogens with one attached hydrogen (secondary N) is 1. The van der Waals surface area contributed by atoms with E-state index in [1.54, 1.807) is 0 Å². The molecule has 1 aromatic carbocycles. The molecule has 1 aliphatic heterocycles. The van der Waals surface area contributed by atoms with Crippen molar-refractivity contribution < 1.29 is 0 Å². The standard InChI is InChI=1S/C32H35N/c1-3-4-5-6-8-18-28-23-25-33-31-21-14-13-20-30(31)29-19-12-11-15-26(29)22-24-32(28,2)27-16-9-7-10-17-27/h3-10,12,14,16-19,21-25,28,33H,11,13,15,20H2,1-2H3/b4-3+,6-5-,18-8-,24-22-,25-23+. The SMILES string of the molecule is C/C=C/C=C\C=C/C1/C=C/NC2=C(CCC=C2)C2=C(/C=C\C1(C)c1ccccc1)CCC=C2. The van der Waals surface area contributed by atoms with Gasteiger partial charge in [-0.3, -0.25) is 0 Å². The fraction of sp³-hybridized carbons (Fsp3) is 0.250. The number of benzene rings is 1. The predicted molar refractivity (Wildman–Crippen MR) is 143 cm³/mol. The Kier molecular flexibility index (Phi) is 7.62. The summed E-state index contributed by atoms with van der Waals surface area (Å²) in [6.07, 6.45) is 35.6. The van der Waals surface area contributed by atoms with E-state index in [4.69, 9.17) is 0 Å². The summed E-state index contributed by atoms with van der Waals surface area (Å²) in [4.78, 5) is 0. The summed E-state index contributed by atoms with van der Waals surface area (Å²) in [6.45, 7) is 4.40. The highest BCUT2D eigenvalue weighted by atomic mass is 14.8. The van der Waals surface area contributed by atoms with Crippen molar-refractivity contribution in [2.75, 3.05) is 0 Å². The van der Waals surface area contributed by atoms with Crippen LogP contribution in [0.4, 0.5) is 0 Å². The third-order valence-corrected chi connectivity index (χ3v) is 6.81. The van der Waals surface area contributed by atoms with Crippen LogP contribution >= 0.6 is 0 Å². The van der Waals surface area contributed by atoms with E-state index in [-0.39, 0.29) is 11.3 Å². The molecular weight excluding hydrogens is 398 g/mol. The van der Waals surface area contributed by atoms with E-state index in [0.29, 0.717) is 0 Å². The normalized spacial score (nSPS) is 27.5. The summed E-state index contributed by atoms with van der Waals surface area (Å²) in [5.74, 6) is 0.191. The molecule has 168 valence electrons. The molecular formula is C32H35N. The molecule has 1 nitrogen and oxygen atoms in total. The van der Waals surface area contributed by atoms with Gasteiger partial charge in [-0.1, -0.05) is 110 Å². The fourth-order valence-corrected chi connectivity index (χ4v) is 4.83. The lowest BCUT2D eigenvalue weighted by molar-refractivity contribution is 0.502. The van der Waals surface area contributed by atoms with E-state index in [9.17, 15) is 0 Å². The van der Waals surface area contributed by atoms with Crippen molar-refractivity contribution in [1.82, 2.24) is 5.32 Å². The number of fused-ring (bicyclic) bond motifs is 1. The molecule has 0 saturated heterocycles. The van der Waals surface area contributed by atoms with Gasteiger partial charge >= 0.3 is 0 Å². The molecule has 0 fully saturated rings. The van der Waals surface area contributed by atoms with Gasteiger partial charge in [0.2, 0.25) is 0 Å². The second-order valence-electron chi connectivity index (χ2n) is 9.02. The number of hydrogen-bond donors (Lipinski definition) is 1. The van der Waals surface area contributed by atoms with Gasteiger partial charge in [-0.15, -0.1) is 0 Å². The summed E-state index contributed by atoms with van der Waals surface area (Å²) >= 11 is 0. The van der Waals surface area contributed by atoms with Gasteiger partial charge < -0.3 is 5.32 Å². The first kappa shape index (κ1) is 22.9. The van der Waals surface area contributed by atoms with Crippen molar-refractivity contribution in [3.8, 4) is 0 Å². The number of hydrogen-bond acceptors (Lipinski definition) is 1. The zero-order valence-electron chi connectivity index (χ0n) is 19.9. The van der Waals surface area contributed by atoms with Crippen LogP contribution in [0.15, 0.2) is 138 Å². The number of rotatable bonds is 4. The average Bonchev–Trinajstić information content (AvgIpc) is 2.89. The molecule has 1 aromatic rings. The Morgan fingerprint density at radius 3 is 2.55 bits per heavy atom. The monoisotopic (exact) mass is 433 g/mol. The first-order chi connectivity index (χ1) is 16.2. The fourth-order valence-electron chi connectivity index (χ4n) is 4.83. The van der Waals surface area contributed by atoms with Gasteiger partial charge in [-0.25, -0.2) is 0 Å². The molecule has 0 aromatic heterocycles. The van der Waals surface area contributed by atoms with Crippen LogP contribution in [0.3, 0.4) is 0 Å². The molecule has 33 heavy (non-hydrogen) atoms. The van der Waals surface area contributed by atoms with Gasteiger partial charge in [-0.05, 0) is 67.2 Å². The largest absolute Gasteiger partial charge is 0.362 e. The lowest BCUT2D eigenvalue weighted by atomic mass is 9.70. The Hall–Kier alpha value is -3.32. The quantitative estimate of drug-likeness (QED) is 0.472. The second kappa shape index (κ2) is 11.0. The maximum absolute atomic E-state index is 3.64. The molecule has 4 rings (SSSR count). The molecule has 1 heterocycles. The maximum atomic E-state index is 3.64. The van der Waals surface area contributed by atoms with E-state index in [0.717, 1.165) is 25.7 Å². The van der Waals surface area contributed by atoms with E-state index in [1.165, 1.54) is 28.0 Å². The summed E-state index contributed by atoms with van der Waals surface area (Å²) in [5, 5.41) is 3.64. The van der Waals surface area contributed by atoms with Gasteiger partial charge in [0, 0.05) is 17.0 Å². The van der Waals surface area contributed by atoms with E-state index in [1.807, 2.05) is 13.0 Å². The Bertz CT molecular complexity index is 1100. The van der Waals surface area contributed by atoms with Crippen LogP contribution in [0, 0.1) is 5.92 Å². The predicted octanol–water partition coefficient (Wildman–Crippen LogP) is 8.17. The Balaban J connectivity index is 1.84. The minimum atomic E-state index is -0.176. The topological polar surface area (TPSA) is 12.0 Å².